The molecule has 2 rings (SSSR count). The van der Waals surface area contributed by atoms with E-state index in [1.165, 1.54) is 38.5 Å². The van der Waals surface area contributed by atoms with Crippen LogP contribution in [0.25, 0.3) is 0 Å². The molecular formula is C13H23IN2O. The Morgan fingerprint density at radius 1 is 1.18 bits per heavy atom. The van der Waals surface area contributed by atoms with Crippen LogP contribution in [0.1, 0.15) is 38.5 Å². The van der Waals surface area contributed by atoms with E-state index >= 15 is 0 Å². The maximum absolute atomic E-state index is 11.3. The van der Waals surface area contributed by atoms with Crippen molar-refractivity contribution in [2.75, 3.05) is 27.2 Å². The van der Waals surface area contributed by atoms with Crippen molar-refractivity contribution in [1.29, 1.82) is 0 Å². The van der Waals surface area contributed by atoms with Crippen LogP contribution in [0.5, 0.6) is 0 Å². The summed E-state index contributed by atoms with van der Waals surface area (Å²) in [6, 6.07) is 0.782. The number of likely N-dealkylation sites (tertiary alicyclic amines) is 1. The third kappa shape index (κ3) is 3.13. The van der Waals surface area contributed by atoms with E-state index in [0.29, 0.717) is 5.41 Å². The predicted molar refractivity (Wildman–Crippen MR) is 78.6 cm³/mol. The molecule has 0 aromatic heterocycles. The van der Waals surface area contributed by atoms with E-state index in [9.17, 15) is 4.79 Å². The number of piperidine rings is 1. The number of amides is 1. The van der Waals surface area contributed by atoms with Crippen LogP contribution in [0.15, 0.2) is 0 Å². The van der Waals surface area contributed by atoms with Gasteiger partial charge in [-0.25, -0.2) is 0 Å². The standard InChI is InChI=1S/C13H23IN2O/c1-15(2)11-3-5-13(6-4-11)7-9-16(10-8-13)12(14)17/h11H,3-10H2,1-2H3. The summed E-state index contributed by atoms with van der Waals surface area (Å²) in [5.41, 5.74) is 0.565. The first-order chi connectivity index (χ1) is 8.02. The molecule has 4 heteroatoms. The average molecular weight is 350 g/mol. The summed E-state index contributed by atoms with van der Waals surface area (Å²) in [5, 5.41) is 0. The Bertz CT molecular complexity index is 275. The molecule has 2 aliphatic rings. The molecule has 1 saturated carbocycles. The Labute approximate surface area is 118 Å². The fraction of sp³-hybridized carbons (Fsp3) is 0.923. The summed E-state index contributed by atoms with van der Waals surface area (Å²) < 4.78 is 0.222. The zero-order valence-electron chi connectivity index (χ0n) is 10.9. The summed E-state index contributed by atoms with van der Waals surface area (Å²) in [7, 11) is 4.39. The molecule has 3 nitrogen and oxygen atoms in total. The van der Waals surface area contributed by atoms with Gasteiger partial charge in [-0.1, -0.05) is 0 Å². The lowest BCUT2D eigenvalue weighted by atomic mass is 9.67. The van der Waals surface area contributed by atoms with E-state index in [1.54, 1.807) is 0 Å². The van der Waals surface area contributed by atoms with Crippen LogP contribution in [-0.2, 0) is 0 Å². The first-order valence-corrected chi connectivity index (χ1v) is 7.71. The van der Waals surface area contributed by atoms with Crippen LogP contribution in [0.4, 0.5) is 4.79 Å². The lowest BCUT2D eigenvalue weighted by Crippen LogP contribution is -2.45. The fourth-order valence-corrected chi connectivity index (χ4v) is 3.87. The Balaban J connectivity index is 1.86. The largest absolute Gasteiger partial charge is 0.334 e. The summed E-state index contributed by atoms with van der Waals surface area (Å²) in [6.45, 7) is 1.96. The summed E-state index contributed by atoms with van der Waals surface area (Å²) in [4.78, 5) is 15.7. The van der Waals surface area contributed by atoms with Crippen LogP contribution in [0, 0.1) is 5.41 Å². The highest BCUT2D eigenvalue weighted by atomic mass is 127. The monoisotopic (exact) mass is 350 g/mol. The second-order valence-corrected chi connectivity index (χ2v) is 6.86. The zero-order valence-corrected chi connectivity index (χ0v) is 13.1. The number of nitrogens with zero attached hydrogens (tertiary/aromatic N) is 2. The third-order valence-corrected chi connectivity index (χ3v) is 5.50. The van der Waals surface area contributed by atoms with Gasteiger partial charge in [0.05, 0.1) is 0 Å². The van der Waals surface area contributed by atoms with Crippen molar-refractivity contribution in [3.8, 4) is 0 Å². The van der Waals surface area contributed by atoms with Gasteiger partial charge >= 0.3 is 0 Å². The van der Waals surface area contributed by atoms with Gasteiger partial charge in [0.15, 0.2) is 0 Å². The molecule has 0 atom stereocenters. The van der Waals surface area contributed by atoms with Crippen molar-refractivity contribution in [2.24, 2.45) is 5.41 Å². The molecule has 98 valence electrons. The van der Waals surface area contributed by atoms with Gasteiger partial charge in [-0.05, 0) is 58.0 Å². The van der Waals surface area contributed by atoms with Crippen molar-refractivity contribution >= 4 is 26.5 Å². The van der Waals surface area contributed by atoms with Crippen LogP contribution < -0.4 is 0 Å². The van der Waals surface area contributed by atoms with Gasteiger partial charge in [0.1, 0.15) is 0 Å². The van der Waals surface area contributed by atoms with Gasteiger partial charge in [-0.15, -0.1) is 0 Å². The van der Waals surface area contributed by atoms with E-state index in [0.717, 1.165) is 19.1 Å². The van der Waals surface area contributed by atoms with E-state index in [4.69, 9.17) is 0 Å². The molecule has 17 heavy (non-hydrogen) atoms. The highest BCUT2D eigenvalue weighted by Gasteiger charge is 2.38. The van der Waals surface area contributed by atoms with E-state index in [1.807, 2.05) is 27.5 Å². The van der Waals surface area contributed by atoms with Gasteiger partial charge < -0.3 is 9.80 Å². The fourth-order valence-electron chi connectivity index (χ4n) is 3.39. The minimum Gasteiger partial charge on any atom is -0.334 e. The summed E-state index contributed by atoms with van der Waals surface area (Å²) in [5.74, 6) is 0. The van der Waals surface area contributed by atoms with Gasteiger partial charge in [0, 0.05) is 41.7 Å². The number of hydrogen-bond acceptors (Lipinski definition) is 2. The zero-order chi connectivity index (χ0) is 12.5. The molecule has 1 aliphatic carbocycles. The van der Waals surface area contributed by atoms with Crippen molar-refractivity contribution in [3.63, 3.8) is 0 Å². The highest BCUT2D eigenvalue weighted by Crippen LogP contribution is 2.45. The molecule has 0 aromatic rings. The van der Waals surface area contributed by atoms with Gasteiger partial charge in [0.25, 0.3) is 3.91 Å². The lowest BCUT2D eigenvalue weighted by Gasteiger charge is -2.46. The lowest BCUT2D eigenvalue weighted by molar-refractivity contribution is 0.0587. The average Bonchev–Trinajstić information content (AvgIpc) is 2.30. The van der Waals surface area contributed by atoms with Crippen molar-refractivity contribution in [1.82, 2.24) is 9.80 Å². The van der Waals surface area contributed by atoms with Gasteiger partial charge in [-0.2, -0.15) is 0 Å². The molecule has 0 bridgehead atoms. The Hall–Kier alpha value is 0.160. The number of carbonyl (C=O) groups is 1. The topological polar surface area (TPSA) is 23.6 Å². The molecule has 1 spiro atoms. The second-order valence-electron chi connectivity index (χ2n) is 5.93. The van der Waals surface area contributed by atoms with E-state index < -0.39 is 0 Å². The van der Waals surface area contributed by atoms with Crippen LogP contribution in [-0.4, -0.2) is 46.9 Å². The minimum absolute atomic E-state index is 0.222. The van der Waals surface area contributed by atoms with Crippen LogP contribution in [0.3, 0.4) is 0 Å². The maximum Gasteiger partial charge on any atom is 0.283 e. The molecule has 0 radical (unpaired) electrons. The summed E-state index contributed by atoms with van der Waals surface area (Å²) >= 11 is 1.91. The highest BCUT2D eigenvalue weighted by molar-refractivity contribution is 14.1. The molecule has 1 amide bonds. The van der Waals surface area contributed by atoms with E-state index in [-0.39, 0.29) is 3.91 Å². The molecule has 2 fully saturated rings. The number of hydrogen-bond donors (Lipinski definition) is 0. The minimum atomic E-state index is 0.222. The number of carbonyl (C=O) groups excluding carboxylic acids is 1. The Kier molecular flexibility index (Phi) is 4.34. The third-order valence-electron chi connectivity index (χ3n) is 4.82. The van der Waals surface area contributed by atoms with Crippen LogP contribution >= 0.6 is 22.6 Å². The Morgan fingerprint density at radius 3 is 2.12 bits per heavy atom. The van der Waals surface area contributed by atoms with E-state index in [2.05, 4.69) is 19.0 Å². The Morgan fingerprint density at radius 2 is 1.71 bits per heavy atom. The predicted octanol–water partition coefficient (Wildman–Crippen LogP) is 3.13. The van der Waals surface area contributed by atoms with Gasteiger partial charge in [-0.3, -0.25) is 4.79 Å². The maximum atomic E-state index is 11.3. The smallest absolute Gasteiger partial charge is 0.283 e. The molecule has 1 saturated heterocycles. The molecule has 0 N–H and O–H groups in total. The molecule has 0 aromatic carbocycles. The van der Waals surface area contributed by atoms with Crippen LogP contribution in [0.2, 0.25) is 0 Å². The molecular weight excluding hydrogens is 327 g/mol. The molecule has 1 heterocycles. The number of halogens is 1. The summed E-state index contributed by atoms with van der Waals surface area (Å²) in [6.07, 6.45) is 7.85. The van der Waals surface area contributed by atoms with Crippen molar-refractivity contribution < 1.29 is 4.79 Å². The second kappa shape index (κ2) is 5.43. The molecule has 1 aliphatic heterocycles. The van der Waals surface area contributed by atoms with Gasteiger partial charge in [0.2, 0.25) is 0 Å². The molecule has 0 unspecified atom stereocenters. The van der Waals surface area contributed by atoms with Crippen molar-refractivity contribution in [2.45, 2.75) is 44.6 Å². The quantitative estimate of drug-likeness (QED) is 0.412. The first-order valence-electron chi connectivity index (χ1n) is 6.63. The number of rotatable bonds is 1. The first kappa shape index (κ1) is 13.6. The normalized spacial score (nSPS) is 25.5. The van der Waals surface area contributed by atoms with Crippen molar-refractivity contribution in [3.05, 3.63) is 0 Å². The SMILES string of the molecule is CN(C)C1CCC2(CC1)CCN(C(=O)I)CC2.